The van der Waals surface area contributed by atoms with Crippen molar-refractivity contribution in [3.63, 3.8) is 0 Å². The molecule has 3 aromatic rings. The molecule has 6 nitrogen and oxygen atoms in total. The molecule has 0 atom stereocenters. The van der Waals surface area contributed by atoms with Crippen molar-refractivity contribution in [3.05, 3.63) is 59.6 Å². The highest BCUT2D eigenvalue weighted by Gasteiger charge is 2.31. The summed E-state index contributed by atoms with van der Waals surface area (Å²) in [6, 6.07) is 8.23. The molecule has 1 aliphatic heterocycles. The van der Waals surface area contributed by atoms with Crippen LogP contribution in [0.1, 0.15) is 40.4 Å². The molecule has 0 saturated heterocycles. The molecule has 1 saturated carbocycles. The van der Waals surface area contributed by atoms with Crippen LogP contribution in [-0.4, -0.2) is 32.5 Å². The molecule has 132 valence electrons. The van der Waals surface area contributed by atoms with Crippen molar-refractivity contribution in [2.45, 2.75) is 25.3 Å². The lowest BCUT2D eigenvalue weighted by Gasteiger charge is -2.14. The van der Waals surface area contributed by atoms with Crippen LogP contribution in [0.4, 0.5) is 0 Å². The number of hydrogen-bond donors (Lipinski definition) is 1. The molecule has 5 rings (SSSR count). The second kappa shape index (κ2) is 5.78. The van der Waals surface area contributed by atoms with E-state index in [1.807, 2.05) is 24.4 Å². The Labute approximate surface area is 156 Å². The van der Waals surface area contributed by atoms with Gasteiger partial charge in [-0.1, -0.05) is 12.6 Å². The maximum Gasteiger partial charge on any atom is 0.256 e. The minimum Gasteiger partial charge on any atom is -0.329 e. The van der Waals surface area contributed by atoms with Crippen LogP contribution in [0.3, 0.4) is 0 Å². The van der Waals surface area contributed by atoms with Gasteiger partial charge in [0.2, 0.25) is 0 Å². The van der Waals surface area contributed by atoms with Crippen LogP contribution in [0, 0.1) is 11.3 Å². The van der Waals surface area contributed by atoms with E-state index in [-0.39, 0.29) is 12.5 Å². The number of carbonyl (C=O) groups is 1. The van der Waals surface area contributed by atoms with Crippen LogP contribution in [0.15, 0.2) is 42.7 Å². The first kappa shape index (κ1) is 15.8. The Morgan fingerprint density at radius 1 is 1.33 bits per heavy atom. The minimum absolute atomic E-state index is 0.0983. The molecule has 0 radical (unpaired) electrons. The Kier molecular flexibility index (Phi) is 3.37. The summed E-state index contributed by atoms with van der Waals surface area (Å²) in [5.41, 5.74) is 6.09. The molecule has 2 aromatic heterocycles. The lowest BCUT2D eigenvalue weighted by atomic mass is 9.98. The van der Waals surface area contributed by atoms with Crippen molar-refractivity contribution >= 4 is 16.8 Å². The molecule has 27 heavy (non-hydrogen) atoms. The van der Waals surface area contributed by atoms with Gasteiger partial charge in [-0.2, -0.15) is 10.4 Å². The number of benzene rings is 1. The van der Waals surface area contributed by atoms with E-state index in [1.165, 1.54) is 12.8 Å². The lowest BCUT2D eigenvalue weighted by molar-refractivity contribution is 0.0793. The Morgan fingerprint density at radius 2 is 2.15 bits per heavy atom. The Bertz CT molecular complexity index is 1150. The fraction of sp³-hybridized carbons (Fsp3) is 0.238. The van der Waals surface area contributed by atoms with Crippen molar-refractivity contribution in [3.8, 4) is 17.2 Å². The number of aromatic amines is 1. The second-order valence-corrected chi connectivity index (χ2v) is 7.23. The number of hydrogen-bond acceptors (Lipinski definition) is 4. The van der Waals surface area contributed by atoms with Crippen molar-refractivity contribution < 1.29 is 4.79 Å². The molecule has 1 aromatic carbocycles. The van der Waals surface area contributed by atoms with Gasteiger partial charge in [0.15, 0.2) is 0 Å². The number of amides is 1. The minimum atomic E-state index is -0.0983. The standard InChI is InChI=1S/C21H17N5O/c1-12(7-22)10-26-11-18-16(8-23-9-17(18)21(26)27)14-4-5-19-15(6-14)20(25-24-19)13-2-3-13/h4-6,8-9,13H,1-3,10-11H2,(H,24,25). The predicted octanol–water partition coefficient (Wildman–Crippen LogP) is 3.54. The Morgan fingerprint density at radius 3 is 2.93 bits per heavy atom. The average Bonchev–Trinajstić information content (AvgIpc) is 3.37. The van der Waals surface area contributed by atoms with E-state index < -0.39 is 0 Å². The summed E-state index contributed by atoms with van der Waals surface area (Å²) < 4.78 is 0. The maximum absolute atomic E-state index is 12.7. The summed E-state index contributed by atoms with van der Waals surface area (Å²) in [4.78, 5) is 18.6. The van der Waals surface area contributed by atoms with Crippen LogP contribution < -0.4 is 0 Å². The SMILES string of the molecule is C=C(C#N)CN1Cc2c(cncc2-c2ccc3[nH]nc(C4CC4)c3c2)C1=O. The molecule has 2 aliphatic rings. The molecule has 1 fully saturated rings. The molecular formula is C21H17N5O. The zero-order chi connectivity index (χ0) is 18.5. The normalized spacial score (nSPS) is 15.8. The first-order valence-corrected chi connectivity index (χ1v) is 8.98. The monoisotopic (exact) mass is 355 g/mol. The fourth-order valence-electron chi connectivity index (χ4n) is 3.79. The molecule has 1 N–H and O–H groups in total. The zero-order valence-electron chi connectivity index (χ0n) is 14.7. The van der Waals surface area contributed by atoms with Gasteiger partial charge in [0, 0.05) is 41.4 Å². The predicted molar refractivity (Wildman–Crippen MR) is 101 cm³/mol. The van der Waals surface area contributed by atoms with E-state index in [4.69, 9.17) is 5.26 Å². The van der Waals surface area contributed by atoms with E-state index in [0.29, 0.717) is 23.6 Å². The zero-order valence-corrected chi connectivity index (χ0v) is 14.7. The summed E-state index contributed by atoms with van der Waals surface area (Å²) in [5.74, 6) is 0.460. The summed E-state index contributed by atoms with van der Waals surface area (Å²) >= 11 is 0. The number of nitrogens with zero attached hydrogens (tertiary/aromatic N) is 4. The molecule has 0 bridgehead atoms. The van der Waals surface area contributed by atoms with Crippen molar-refractivity contribution in [2.75, 3.05) is 6.54 Å². The van der Waals surface area contributed by atoms with Gasteiger partial charge in [-0.3, -0.25) is 14.9 Å². The summed E-state index contributed by atoms with van der Waals surface area (Å²) in [7, 11) is 0. The van der Waals surface area contributed by atoms with Gasteiger partial charge in [0.05, 0.1) is 29.4 Å². The molecule has 3 heterocycles. The van der Waals surface area contributed by atoms with Crippen molar-refractivity contribution in [2.24, 2.45) is 0 Å². The number of nitriles is 1. The largest absolute Gasteiger partial charge is 0.329 e. The van der Waals surface area contributed by atoms with Crippen LogP contribution in [0.25, 0.3) is 22.0 Å². The van der Waals surface area contributed by atoms with E-state index in [2.05, 4.69) is 27.8 Å². The Balaban J connectivity index is 1.57. The highest BCUT2D eigenvalue weighted by Crippen LogP contribution is 2.43. The number of carbonyl (C=O) groups excluding carboxylic acids is 1. The lowest BCUT2D eigenvalue weighted by Crippen LogP contribution is -2.25. The summed E-state index contributed by atoms with van der Waals surface area (Å²) in [6.07, 6.45) is 5.81. The van der Waals surface area contributed by atoms with Crippen LogP contribution in [0.5, 0.6) is 0 Å². The maximum atomic E-state index is 12.7. The van der Waals surface area contributed by atoms with E-state index in [0.717, 1.165) is 33.3 Å². The molecule has 1 amide bonds. The van der Waals surface area contributed by atoms with E-state index in [1.54, 1.807) is 11.1 Å². The molecule has 6 heteroatoms. The summed E-state index contributed by atoms with van der Waals surface area (Å²) in [5, 5.41) is 17.7. The summed E-state index contributed by atoms with van der Waals surface area (Å²) in [6.45, 7) is 4.40. The van der Waals surface area contributed by atoms with Crippen LogP contribution in [0.2, 0.25) is 0 Å². The molecule has 0 spiro atoms. The first-order valence-electron chi connectivity index (χ1n) is 8.98. The van der Waals surface area contributed by atoms with Gasteiger partial charge in [-0.05, 0) is 36.1 Å². The highest BCUT2D eigenvalue weighted by molar-refractivity contribution is 6.00. The fourth-order valence-corrected chi connectivity index (χ4v) is 3.79. The highest BCUT2D eigenvalue weighted by atomic mass is 16.2. The number of pyridine rings is 1. The second-order valence-electron chi connectivity index (χ2n) is 7.23. The number of rotatable bonds is 4. The number of aromatic nitrogens is 3. The topological polar surface area (TPSA) is 85.7 Å². The molecule has 1 aliphatic carbocycles. The smallest absolute Gasteiger partial charge is 0.256 e. The van der Waals surface area contributed by atoms with Crippen molar-refractivity contribution in [1.82, 2.24) is 20.1 Å². The van der Waals surface area contributed by atoms with Gasteiger partial charge in [-0.15, -0.1) is 0 Å². The Hall–Kier alpha value is -3.46. The van der Waals surface area contributed by atoms with E-state index >= 15 is 0 Å². The third kappa shape index (κ3) is 2.51. The van der Waals surface area contributed by atoms with Gasteiger partial charge < -0.3 is 4.90 Å². The third-order valence-electron chi connectivity index (χ3n) is 5.33. The van der Waals surface area contributed by atoms with Crippen LogP contribution in [-0.2, 0) is 6.54 Å². The number of fused-ring (bicyclic) bond motifs is 2. The average molecular weight is 355 g/mol. The quantitative estimate of drug-likeness (QED) is 0.725. The van der Waals surface area contributed by atoms with Crippen molar-refractivity contribution in [1.29, 1.82) is 5.26 Å². The molecule has 0 unspecified atom stereocenters. The van der Waals surface area contributed by atoms with Crippen LogP contribution >= 0.6 is 0 Å². The van der Waals surface area contributed by atoms with Gasteiger partial charge in [-0.25, -0.2) is 0 Å². The number of H-pyrrole nitrogens is 1. The molecular weight excluding hydrogens is 338 g/mol. The first-order chi connectivity index (χ1) is 13.2. The van der Waals surface area contributed by atoms with Gasteiger partial charge in [0.25, 0.3) is 5.91 Å². The van der Waals surface area contributed by atoms with Gasteiger partial charge >= 0.3 is 0 Å². The number of nitrogens with one attached hydrogen (secondary N) is 1. The van der Waals surface area contributed by atoms with E-state index in [9.17, 15) is 4.79 Å². The third-order valence-corrected chi connectivity index (χ3v) is 5.33. The van der Waals surface area contributed by atoms with Gasteiger partial charge in [0.1, 0.15) is 0 Å².